The maximum atomic E-state index is 13.6. The normalized spacial score (nSPS) is 21.6. The molecule has 1 atom stereocenters. The van der Waals surface area contributed by atoms with E-state index in [1.165, 1.54) is 6.07 Å². The topological polar surface area (TPSA) is 15.3 Å². The Bertz CT molecular complexity index is 370. The van der Waals surface area contributed by atoms with Crippen molar-refractivity contribution in [1.82, 2.24) is 10.2 Å². The lowest BCUT2D eigenvalue weighted by atomic mass is 10.2. The maximum absolute atomic E-state index is 13.6. The third-order valence-corrected chi connectivity index (χ3v) is 3.58. The van der Waals surface area contributed by atoms with Crippen molar-refractivity contribution in [3.63, 3.8) is 0 Å². The molecule has 16 heavy (non-hydrogen) atoms. The summed E-state index contributed by atoms with van der Waals surface area (Å²) in [5.74, 6) is -0.123. The molecule has 0 aliphatic carbocycles. The molecule has 1 aromatic rings. The predicted octanol–water partition coefficient (Wildman–Crippen LogP) is 2.38. The number of halogens is 2. The average molecular weight is 287 g/mol. The van der Waals surface area contributed by atoms with Crippen molar-refractivity contribution in [2.45, 2.75) is 19.0 Å². The van der Waals surface area contributed by atoms with E-state index in [2.05, 4.69) is 26.1 Å². The van der Waals surface area contributed by atoms with Crippen molar-refractivity contribution < 1.29 is 4.39 Å². The Kier molecular flexibility index (Phi) is 3.95. The van der Waals surface area contributed by atoms with Gasteiger partial charge in [0.25, 0.3) is 0 Å². The first kappa shape index (κ1) is 12.0. The molecule has 1 saturated heterocycles. The highest BCUT2D eigenvalue weighted by Gasteiger charge is 2.21. The van der Waals surface area contributed by atoms with Crippen LogP contribution in [0.1, 0.15) is 12.0 Å². The van der Waals surface area contributed by atoms with Crippen molar-refractivity contribution in [3.05, 3.63) is 34.1 Å². The zero-order valence-corrected chi connectivity index (χ0v) is 10.9. The molecule has 1 aromatic carbocycles. The van der Waals surface area contributed by atoms with Gasteiger partial charge in [0.2, 0.25) is 0 Å². The molecule has 1 aliphatic rings. The van der Waals surface area contributed by atoms with Crippen LogP contribution in [0.5, 0.6) is 0 Å². The molecule has 1 unspecified atom stereocenters. The summed E-state index contributed by atoms with van der Waals surface area (Å²) in [6.07, 6.45) is 1.15. The zero-order valence-electron chi connectivity index (χ0n) is 9.34. The van der Waals surface area contributed by atoms with Crippen LogP contribution < -0.4 is 5.32 Å². The van der Waals surface area contributed by atoms with Crippen LogP contribution in [-0.2, 0) is 6.54 Å². The van der Waals surface area contributed by atoms with Gasteiger partial charge in [-0.2, -0.15) is 0 Å². The fourth-order valence-corrected chi connectivity index (χ4v) is 2.44. The highest BCUT2D eigenvalue weighted by atomic mass is 79.9. The van der Waals surface area contributed by atoms with Gasteiger partial charge in [0, 0.05) is 35.7 Å². The van der Waals surface area contributed by atoms with E-state index >= 15 is 0 Å². The van der Waals surface area contributed by atoms with Gasteiger partial charge in [0.05, 0.1) is 0 Å². The Morgan fingerprint density at radius 2 is 2.38 bits per heavy atom. The second-order valence-electron chi connectivity index (χ2n) is 4.25. The highest BCUT2D eigenvalue weighted by Crippen LogP contribution is 2.19. The fourth-order valence-electron chi connectivity index (χ4n) is 2.10. The largest absolute Gasteiger partial charge is 0.316 e. The smallest absolute Gasteiger partial charge is 0.128 e. The summed E-state index contributed by atoms with van der Waals surface area (Å²) in [6, 6.07) is 5.83. The van der Waals surface area contributed by atoms with Crippen LogP contribution in [0.4, 0.5) is 4.39 Å². The average Bonchev–Trinajstić information content (AvgIpc) is 2.70. The second kappa shape index (κ2) is 5.25. The molecule has 0 spiro atoms. The van der Waals surface area contributed by atoms with E-state index in [0.717, 1.165) is 29.5 Å². The number of nitrogens with one attached hydrogen (secondary N) is 1. The molecular formula is C12H16BrFN2. The molecule has 0 amide bonds. The third kappa shape index (κ3) is 2.81. The van der Waals surface area contributed by atoms with Crippen LogP contribution in [-0.4, -0.2) is 31.1 Å². The summed E-state index contributed by atoms with van der Waals surface area (Å²) in [7, 11) is 1.98. The molecule has 2 nitrogen and oxygen atoms in total. The van der Waals surface area contributed by atoms with Crippen molar-refractivity contribution in [1.29, 1.82) is 0 Å². The minimum absolute atomic E-state index is 0.123. The predicted molar refractivity (Wildman–Crippen MR) is 66.8 cm³/mol. The van der Waals surface area contributed by atoms with Gasteiger partial charge in [-0.05, 0) is 25.6 Å². The van der Waals surface area contributed by atoms with Crippen molar-refractivity contribution in [3.8, 4) is 0 Å². The van der Waals surface area contributed by atoms with Crippen molar-refractivity contribution in [2.75, 3.05) is 20.1 Å². The van der Waals surface area contributed by atoms with Crippen LogP contribution in [0, 0.1) is 5.82 Å². The molecule has 88 valence electrons. The van der Waals surface area contributed by atoms with E-state index in [0.29, 0.717) is 12.6 Å². The summed E-state index contributed by atoms with van der Waals surface area (Å²) in [4.78, 5) is 2.29. The van der Waals surface area contributed by atoms with Gasteiger partial charge < -0.3 is 5.32 Å². The van der Waals surface area contributed by atoms with E-state index in [9.17, 15) is 4.39 Å². The molecule has 2 rings (SSSR count). The number of benzene rings is 1. The minimum Gasteiger partial charge on any atom is -0.316 e. The number of rotatable bonds is 3. The van der Waals surface area contributed by atoms with Crippen molar-refractivity contribution >= 4 is 15.9 Å². The van der Waals surface area contributed by atoms with E-state index in [4.69, 9.17) is 0 Å². The SMILES string of the molecule is CNC1CCN(Cc2ccc(Br)cc2F)C1. The van der Waals surface area contributed by atoms with Gasteiger partial charge >= 0.3 is 0 Å². The van der Waals surface area contributed by atoms with Gasteiger partial charge in [-0.25, -0.2) is 4.39 Å². The molecule has 0 radical (unpaired) electrons. The summed E-state index contributed by atoms with van der Waals surface area (Å²) in [5.41, 5.74) is 0.778. The van der Waals surface area contributed by atoms with Crippen LogP contribution in [0.25, 0.3) is 0 Å². The first-order valence-electron chi connectivity index (χ1n) is 5.52. The van der Waals surface area contributed by atoms with E-state index in [1.54, 1.807) is 0 Å². The summed E-state index contributed by atoms with van der Waals surface area (Å²) >= 11 is 3.27. The number of nitrogens with zero attached hydrogens (tertiary/aromatic N) is 1. The molecular weight excluding hydrogens is 271 g/mol. The van der Waals surface area contributed by atoms with Gasteiger partial charge in [0.15, 0.2) is 0 Å². The summed E-state index contributed by atoms with van der Waals surface area (Å²) in [5, 5.41) is 3.26. The molecule has 1 heterocycles. The fraction of sp³-hybridized carbons (Fsp3) is 0.500. The lowest BCUT2D eigenvalue weighted by molar-refractivity contribution is 0.317. The monoisotopic (exact) mass is 286 g/mol. The quantitative estimate of drug-likeness (QED) is 0.918. The van der Waals surface area contributed by atoms with Gasteiger partial charge in [-0.15, -0.1) is 0 Å². The Balaban J connectivity index is 1.99. The van der Waals surface area contributed by atoms with Gasteiger partial charge in [-0.3, -0.25) is 4.90 Å². The standard InChI is InChI=1S/C12H16BrFN2/c1-15-11-4-5-16(8-11)7-9-2-3-10(13)6-12(9)14/h2-3,6,11,15H,4-5,7-8H2,1H3. The summed E-state index contributed by atoms with van der Waals surface area (Å²) in [6.45, 7) is 2.75. The lowest BCUT2D eigenvalue weighted by Crippen LogP contribution is -2.29. The molecule has 4 heteroatoms. The Morgan fingerprint density at radius 1 is 1.56 bits per heavy atom. The highest BCUT2D eigenvalue weighted by molar-refractivity contribution is 9.10. The van der Waals surface area contributed by atoms with Crippen LogP contribution in [0.15, 0.2) is 22.7 Å². The van der Waals surface area contributed by atoms with Crippen LogP contribution >= 0.6 is 15.9 Å². The summed E-state index contributed by atoms with van der Waals surface area (Å²) < 4.78 is 14.4. The van der Waals surface area contributed by atoms with Crippen LogP contribution in [0.2, 0.25) is 0 Å². The number of hydrogen-bond acceptors (Lipinski definition) is 2. The zero-order chi connectivity index (χ0) is 11.5. The van der Waals surface area contributed by atoms with Crippen LogP contribution in [0.3, 0.4) is 0 Å². The van der Waals surface area contributed by atoms with E-state index in [-0.39, 0.29) is 5.82 Å². The lowest BCUT2D eigenvalue weighted by Gasteiger charge is -2.16. The first-order chi connectivity index (χ1) is 7.69. The number of likely N-dealkylation sites (N-methyl/N-ethyl adjacent to an activating group) is 1. The second-order valence-corrected chi connectivity index (χ2v) is 5.16. The van der Waals surface area contributed by atoms with Gasteiger partial charge in [0.1, 0.15) is 5.82 Å². The first-order valence-corrected chi connectivity index (χ1v) is 6.32. The maximum Gasteiger partial charge on any atom is 0.128 e. The van der Waals surface area contributed by atoms with E-state index < -0.39 is 0 Å². The molecule has 0 saturated carbocycles. The molecule has 1 N–H and O–H groups in total. The molecule has 0 bridgehead atoms. The molecule has 1 fully saturated rings. The Morgan fingerprint density at radius 3 is 3.00 bits per heavy atom. The Labute approximate surface area is 104 Å². The van der Waals surface area contributed by atoms with Gasteiger partial charge in [-0.1, -0.05) is 22.0 Å². The van der Waals surface area contributed by atoms with Crippen molar-refractivity contribution in [2.24, 2.45) is 0 Å². The number of likely N-dealkylation sites (tertiary alicyclic amines) is 1. The van der Waals surface area contributed by atoms with E-state index in [1.807, 2.05) is 19.2 Å². The molecule has 1 aliphatic heterocycles. The molecule has 0 aromatic heterocycles. The Hall–Kier alpha value is -0.450. The third-order valence-electron chi connectivity index (χ3n) is 3.09. The minimum atomic E-state index is -0.123. The number of hydrogen-bond donors (Lipinski definition) is 1.